The van der Waals surface area contributed by atoms with Crippen LogP contribution in [0.5, 0.6) is 0 Å². The van der Waals surface area contributed by atoms with Gasteiger partial charge in [-0.05, 0) is 43.5 Å². The summed E-state index contributed by atoms with van der Waals surface area (Å²) >= 11 is 6.14. The maximum atomic E-state index is 14.0. The molecule has 4 aromatic rings. The number of fused-ring (bicyclic) bond motifs is 1. The average Bonchev–Trinajstić information content (AvgIpc) is 3.22. The number of para-hydroxylation sites is 2. The summed E-state index contributed by atoms with van der Waals surface area (Å²) in [6.07, 6.45) is 5.48. The third-order valence-corrected chi connectivity index (χ3v) is 8.52. The van der Waals surface area contributed by atoms with Crippen molar-refractivity contribution in [1.29, 1.82) is 5.41 Å². The van der Waals surface area contributed by atoms with E-state index in [1.54, 1.807) is 4.90 Å². The van der Waals surface area contributed by atoms with E-state index in [9.17, 15) is 15.3 Å². The number of nitrogens with one attached hydrogen (secondary N) is 1. The fraction of sp³-hybridized carbons (Fsp3) is 0.333. The van der Waals surface area contributed by atoms with Gasteiger partial charge in [-0.2, -0.15) is 0 Å². The Morgan fingerprint density at radius 1 is 1.00 bits per heavy atom. The van der Waals surface area contributed by atoms with Crippen molar-refractivity contribution < 1.29 is 9.90 Å². The number of aryl methyl sites for hydroxylation is 3. The van der Waals surface area contributed by atoms with Crippen LogP contribution in [0.1, 0.15) is 34.7 Å². The molecule has 41 heavy (non-hydrogen) atoms. The molecule has 1 aromatic heterocycles. The number of hydrogen-bond donors (Lipinski definition) is 2. The van der Waals surface area contributed by atoms with Gasteiger partial charge < -0.3 is 14.6 Å². The number of aliphatic hydroxyl groups excluding tert-OH is 1. The average molecular weight is 638 g/mol. The number of aliphatic hydroxyl groups is 1. The highest BCUT2D eigenvalue weighted by Crippen LogP contribution is 2.34. The molecule has 0 saturated carbocycles. The highest BCUT2D eigenvalue weighted by molar-refractivity contribution is 8.93. The first-order valence-electron chi connectivity index (χ1n) is 13.8. The Labute approximate surface area is 257 Å². The molecule has 1 unspecified atom stereocenters. The summed E-state index contributed by atoms with van der Waals surface area (Å²) in [5, 5.41) is 19.1. The lowest BCUT2D eigenvalue weighted by atomic mass is 9.82. The van der Waals surface area contributed by atoms with Crippen molar-refractivity contribution >= 4 is 51.6 Å². The van der Waals surface area contributed by atoms with Gasteiger partial charge in [-0.3, -0.25) is 14.8 Å². The molecule has 2 heterocycles. The molecule has 0 aliphatic carbocycles. The van der Waals surface area contributed by atoms with Crippen LogP contribution < -0.4 is 5.62 Å². The lowest BCUT2D eigenvalue weighted by molar-refractivity contribution is -0.148. The predicted octanol–water partition coefficient (Wildman–Crippen LogP) is 6.06. The molecular weight excluding hydrogens is 600 g/mol. The number of alkyl halides is 1. The molecule has 1 aliphatic rings. The van der Waals surface area contributed by atoms with Gasteiger partial charge in [0.25, 0.3) is 0 Å². The Hall–Kier alpha value is -3.13. The summed E-state index contributed by atoms with van der Waals surface area (Å²) in [5.41, 5.74) is 6.25. The van der Waals surface area contributed by atoms with Crippen LogP contribution in [0.15, 0.2) is 78.9 Å². The number of likely N-dealkylation sites (tertiary alicyclic amines) is 1. The van der Waals surface area contributed by atoms with Crippen LogP contribution >= 0.6 is 28.6 Å². The van der Waals surface area contributed by atoms with Crippen molar-refractivity contribution in [2.45, 2.75) is 39.3 Å². The zero-order valence-corrected chi connectivity index (χ0v) is 26.1. The SMILES string of the molecule is Br.Cc1ccc(/C=C/CCn2c(=N)n(C(Cc3ccc(C)cc3)C(=O)N3CC(CO)(CCl)C3)c3ccccc32)cc1. The molecule has 2 N–H and O–H groups in total. The van der Waals surface area contributed by atoms with E-state index in [-0.39, 0.29) is 29.5 Å². The van der Waals surface area contributed by atoms with Gasteiger partial charge in [0.15, 0.2) is 0 Å². The third-order valence-electron chi connectivity index (χ3n) is 7.95. The molecule has 216 valence electrons. The quantitative estimate of drug-likeness (QED) is 0.208. The summed E-state index contributed by atoms with van der Waals surface area (Å²) in [7, 11) is 0. The fourth-order valence-corrected chi connectivity index (χ4v) is 5.74. The zero-order valence-electron chi connectivity index (χ0n) is 23.6. The Kier molecular flexibility index (Phi) is 9.95. The minimum atomic E-state index is -0.587. The second-order valence-electron chi connectivity index (χ2n) is 11.1. The maximum Gasteiger partial charge on any atom is 0.246 e. The van der Waals surface area contributed by atoms with Crippen LogP contribution in [0.2, 0.25) is 0 Å². The Morgan fingerprint density at radius 3 is 2.22 bits per heavy atom. The van der Waals surface area contributed by atoms with Crippen LogP contribution in [0.3, 0.4) is 0 Å². The predicted molar refractivity (Wildman–Crippen MR) is 172 cm³/mol. The molecule has 1 amide bonds. The van der Waals surface area contributed by atoms with Crippen LogP contribution in [0.25, 0.3) is 17.1 Å². The number of halogens is 2. The first kappa shape index (κ1) is 30.8. The van der Waals surface area contributed by atoms with Gasteiger partial charge in [0.05, 0.1) is 17.6 Å². The van der Waals surface area contributed by atoms with Crippen molar-refractivity contribution in [2.24, 2.45) is 5.41 Å². The van der Waals surface area contributed by atoms with Crippen molar-refractivity contribution in [3.63, 3.8) is 0 Å². The van der Waals surface area contributed by atoms with Gasteiger partial charge in [-0.1, -0.05) is 83.9 Å². The van der Waals surface area contributed by atoms with Gasteiger partial charge in [0, 0.05) is 37.4 Å². The van der Waals surface area contributed by atoms with E-state index < -0.39 is 11.5 Å². The van der Waals surface area contributed by atoms with E-state index in [4.69, 9.17) is 11.6 Å². The van der Waals surface area contributed by atoms with Crippen molar-refractivity contribution in [1.82, 2.24) is 14.0 Å². The number of hydrogen-bond acceptors (Lipinski definition) is 3. The number of allylic oxidation sites excluding steroid dienone is 1. The third kappa shape index (κ3) is 6.53. The normalized spacial score (nSPS) is 15.1. The first-order chi connectivity index (χ1) is 19.3. The van der Waals surface area contributed by atoms with Gasteiger partial charge in [-0.25, -0.2) is 0 Å². The molecule has 0 radical (unpaired) electrons. The smallest absolute Gasteiger partial charge is 0.246 e. The lowest BCUT2D eigenvalue weighted by Gasteiger charge is -2.49. The Bertz CT molecular complexity index is 1560. The van der Waals surface area contributed by atoms with E-state index in [2.05, 4.69) is 67.6 Å². The number of carbonyl (C=O) groups is 1. The zero-order chi connectivity index (χ0) is 28.3. The molecule has 3 aromatic carbocycles. The second-order valence-corrected chi connectivity index (χ2v) is 11.4. The molecule has 1 saturated heterocycles. The number of imidazole rings is 1. The lowest BCUT2D eigenvalue weighted by Crippen LogP contribution is -2.62. The van der Waals surface area contributed by atoms with E-state index >= 15 is 0 Å². The number of benzene rings is 3. The summed E-state index contributed by atoms with van der Waals surface area (Å²) in [5.74, 6) is 0.262. The molecule has 6 nitrogen and oxygen atoms in total. The van der Waals surface area contributed by atoms with E-state index in [1.807, 2.05) is 40.3 Å². The number of rotatable bonds is 10. The van der Waals surface area contributed by atoms with Gasteiger partial charge >= 0.3 is 0 Å². The van der Waals surface area contributed by atoms with E-state index in [1.165, 1.54) is 5.56 Å². The first-order valence-corrected chi connectivity index (χ1v) is 14.4. The molecule has 8 heteroatoms. The van der Waals surface area contributed by atoms with E-state index in [0.717, 1.165) is 34.1 Å². The minimum Gasteiger partial charge on any atom is -0.396 e. The summed E-state index contributed by atoms with van der Waals surface area (Å²) in [6, 6.07) is 24.0. The van der Waals surface area contributed by atoms with Crippen LogP contribution in [-0.4, -0.2) is 50.6 Å². The molecule has 0 spiro atoms. The summed E-state index contributed by atoms with van der Waals surface area (Å²) < 4.78 is 3.89. The second kappa shape index (κ2) is 13.2. The standard InChI is InChI=1S/C33H37ClN4O2.BrH/c1-24-10-14-26(15-11-24)7-5-6-18-37-28-8-3-4-9-29(28)38(32(37)35)30(19-27-16-12-25(2)13-17-27)31(40)36-21-33(20-34,22-36)23-39;/h3-5,7-17,30,35,39H,6,18-23H2,1-2H3;1H/b7-5+,35-32?;. The summed E-state index contributed by atoms with van der Waals surface area (Å²) in [4.78, 5) is 15.8. The fourth-order valence-electron chi connectivity index (χ4n) is 5.49. The molecule has 1 fully saturated rings. The van der Waals surface area contributed by atoms with Crippen LogP contribution in [0.4, 0.5) is 0 Å². The number of aromatic nitrogens is 2. The maximum absolute atomic E-state index is 14.0. The number of carbonyl (C=O) groups excluding carboxylic acids is 1. The van der Waals surface area contributed by atoms with Gasteiger partial charge in [-0.15, -0.1) is 28.6 Å². The largest absolute Gasteiger partial charge is 0.396 e. The number of nitrogens with zero attached hydrogens (tertiary/aromatic N) is 3. The molecule has 0 bridgehead atoms. The number of amides is 1. The molecule has 1 aliphatic heterocycles. The highest BCUT2D eigenvalue weighted by Gasteiger charge is 2.46. The van der Waals surface area contributed by atoms with E-state index in [0.29, 0.717) is 37.6 Å². The molecule has 1 atom stereocenters. The Balaban J connectivity index is 0.00000387. The minimum absolute atomic E-state index is 0. The molecular formula is C33H38BrClN4O2. The van der Waals surface area contributed by atoms with Crippen molar-refractivity contribution in [3.8, 4) is 0 Å². The monoisotopic (exact) mass is 636 g/mol. The van der Waals surface area contributed by atoms with Crippen LogP contribution in [-0.2, 0) is 17.8 Å². The van der Waals surface area contributed by atoms with Gasteiger partial charge in [0.1, 0.15) is 6.04 Å². The summed E-state index contributed by atoms with van der Waals surface area (Å²) in [6.45, 7) is 5.55. The van der Waals surface area contributed by atoms with Gasteiger partial charge in [0.2, 0.25) is 11.5 Å². The Morgan fingerprint density at radius 2 is 1.61 bits per heavy atom. The molecule has 5 rings (SSSR count). The van der Waals surface area contributed by atoms with Crippen molar-refractivity contribution in [3.05, 3.63) is 107 Å². The highest BCUT2D eigenvalue weighted by atomic mass is 79.9. The van der Waals surface area contributed by atoms with Crippen LogP contribution in [0, 0.1) is 24.7 Å². The topological polar surface area (TPSA) is 74.2 Å². The van der Waals surface area contributed by atoms with Crippen molar-refractivity contribution in [2.75, 3.05) is 25.6 Å².